The molecular formula is C25H26N2O3S. The first-order valence-corrected chi connectivity index (χ1v) is 11.7. The summed E-state index contributed by atoms with van der Waals surface area (Å²) < 4.78 is 28.1. The summed E-state index contributed by atoms with van der Waals surface area (Å²) in [6.07, 6.45) is 0.561. The van der Waals surface area contributed by atoms with E-state index in [0.717, 1.165) is 27.9 Å². The molecule has 4 rings (SSSR count). The zero-order valence-corrected chi connectivity index (χ0v) is 19.0. The minimum atomic E-state index is -3.68. The number of benzene rings is 3. The largest absolute Gasteiger partial charge is 0.322 e. The van der Waals surface area contributed by atoms with E-state index in [4.69, 9.17) is 0 Å². The molecule has 0 radical (unpaired) electrons. The van der Waals surface area contributed by atoms with Crippen molar-refractivity contribution in [1.29, 1.82) is 0 Å². The summed E-state index contributed by atoms with van der Waals surface area (Å²) in [6.45, 7) is 7.75. The predicted octanol–water partition coefficient (Wildman–Crippen LogP) is 5.00. The van der Waals surface area contributed by atoms with Gasteiger partial charge in [0.15, 0.2) is 0 Å². The van der Waals surface area contributed by atoms with Crippen molar-refractivity contribution in [2.45, 2.75) is 45.1 Å². The fourth-order valence-electron chi connectivity index (χ4n) is 4.00. The van der Waals surface area contributed by atoms with Crippen molar-refractivity contribution in [1.82, 2.24) is 0 Å². The number of nitrogens with zero attached hydrogens (tertiary/aromatic N) is 1. The third kappa shape index (κ3) is 3.95. The van der Waals surface area contributed by atoms with Crippen LogP contribution < -0.4 is 9.62 Å². The first-order valence-electron chi connectivity index (χ1n) is 10.3. The summed E-state index contributed by atoms with van der Waals surface area (Å²) in [4.78, 5) is 13.1. The summed E-state index contributed by atoms with van der Waals surface area (Å²) in [5.41, 5.74) is 5.86. The Balaban J connectivity index is 1.64. The van der Waals surface area contributed by atoms with Crippen LogP contribution in [-0.4, -0.2) is 20.4 Å². The van der Waals surface area contributed by atoms with Crippen LogP contribution in [0, 0.1) is 20.8 Å². The van der Waals surface area contributed by atoms with Gasteiger partial charge in [-0.15, -0.1) is 0 Å². The van der Waals surface area contributed by atoms with Crippen molar-refractivity contribution in [2.75, 3.05) is 9.62 Å². The van der Waals surface area contributed by atoms with Crippen LogP contribution in [0.2, 0.25) is 0 Å². The second-order valence-electron chi connectivity index (χ2n) is 8.28. The van der Waals surface area contributed by atoms with E-state index < -0.39 is 10.0 Å². The monoisotopic (exact) mass is 434 g/mol. The molecule has 31 heavy (non-hydrogen) atoms. The van der Waals surface area contributed by atoms with E-state index in [2.05, 4.69) is 5.32 Å². The van der Waals surface area contributed by atoms with Crippen molar-refractivity contribution in [3.63, 3.8) is 0 Å². The molecule has 1 atom stereocenters. The third-order valence-corrected chi connectivity index (χ3v) is 7.66. The summed E-state index contributed by atoms with van der Waals surface area (Å²) >= 11 is 0. The van der Waals surface area contributed by atoms with Gasteiger partial charge in [-0.1, -0.05) is 29.8 Å². The maximum absolute atomic E-state index is 13.3. The molecule has 6 heteroatoms. The number of aryl methyl sites for hydroxylation is 3. The molecule has 0 saturated carbocycles. The van der Waals surface area contributed by atoms with E-state index in [1.807, 2.05) is 45.9 Å². The average molecular weight is 435 g/mol. The molecule has 0 fully saturated rings. The quantitative estimate of drug-likeness (QED) is 0.628. The summed E-state index contributed by atoms with van der Waals surface area (Å²) in [5.74, 6) is -0.205. The van der Waals surface area contributed by atoms with Crippen LogP contribution in [0.3, 0.4) is 0 Å². The van der Waals surface area contributed by atoms with Gasteiger partial charge >= 0.3 is 0 Å². The Bertz CT molecular complexity index is 1260. The zero-order chi connectivity index (χ0) is 22.3. The highest BCUT2D eigenvalue weighted by Crippen LogP contribution is 2.37. The van der Waals surface area contributed by atoms with Crippen LogP contribution in [-0.2, 0) is 16.4 Å². The SMILES string of the molecule is Cc1ccc(S(=O)(=O)N2c3ccc(C(=O)Nc4cc(C)ccc4C)cc3C[C@@H]2C)cc1. The van der Waals surface area contributed by atoms with E-state index in [0.29, 0.717) is 17.7 Å². The van der Waals surface area contributed by atoms with E-state index in [1.54, 1.807) is 42.5 Å². The molecule has 0 bridgehead atoms. The molecule has 1 aliphatic rings. The molecule has 0 spiro atoms. The lowest BCUT2D eigenvalue weighted by molar-refractivity contribution is 0.102. The molecule has 5 nitrogen and oxygen atoms in total. The van der Waals surface area contributed by atoms with E-state index in [9.17, 15) is 13.2 Å². The Morgan fingerprint density at radius 1 is 0.935 bits per heavy atom. The molecule has 1 aliphatic heterocycles. The predicted molar refractivity (Wildman–Crippen MR) is 124 cm³/mol. The van der Waals surface area contributed by atoms with Gasteiger partial charge in [-0.25, -0.2) is 8.42 Å². The fourth-order valence-corrected chi connectivity index (χ4v) is 5.69. The Labute approximate surface area is 183 Å². The normalized spacial score (nSPS) is 15.6. The minimum absolute atomic E-state index is 0.205. The first kappa shape index (κ1) is 21.1. The number of anilines is 2. The first-order chi connectivity index (χ1) is 14.7. The second kappa shape index (κ2) is 7.85. The van der Waals surface area contributed by atoms with Gasteiger partial charge in [0.05, 0.1) is 10.6 Å². The van der Waals surface area contributed by atoms with Gasteiger partial charge < -0.3 is 5.32 Å². The molecule has 0 unspecified atom stereocenters. The number of rotatable bonds is 4. The van der Waals surface area contributed by atoms with Gasteiger partial charge in [0.2, 0.25) is 0 Å². The average Bonchev–Trinajstić information content (AvgIpc) is 3.06. The number of nitrogens with one attached hydrogen (secondary N) is 1. The highest BCUT2D eigenvalue weighted by Gasteiger charge is 2.36. The minimum Gasteiger partial charge on any atom is -0.322 e. The summed E-state index contributed by atoms with van der Waals surface area (Å²) in [7, 11) is -3.68. The van der Waals surface area contributed by atoms with Crippen molar-refractivity contribution in [3.05, 3.63) is 88.5 Å². The lowest BCUT2D eigenvalue weighted by atomic mass is 10.1. The number of carbonyl (C=O) groups excluding carboxylic acids is 1. The number of hydrogen-bond donors (Lipinski definition) is 1. The van der Waals surface area contributed by atoms with E-state index >= 15 is 0 Å². The topological polar surface area (TPSA) is 66.5 Å². The second-order valence-corrected chi connectivity index (χ2v) is 10.1. The van der Waals surface area contributed by atoms with Gasteiger partial charge in [-0.3, -0.25) is 9.10 Å². The molecule has 1 N–H and O–H groups in total. The van der Waals surface area contributed by atoms with Crippen molar-refractivity contribution in [2.24, 2.45) is 0 Å². The molecular weight excluding hydrogens is 408 g/mol. The van der Waals surface area contributed by atoms with Crippen LogP contribution in [0.25, 0.3) is 0 Å². The fraction of sp³-hybridized carbons (Fsp3) is 0.240. The third-order valence-electron chi connectivity index (χ3n) is 5.71. The maximum atomic E-state index is 13.3. The molecule has 0 saturated heterocycles. The Hall–Kier alpha value is -3.12. The van der Waals surface area contributed by atoms with Crippen LogP contribution in [0.1, 0.15) is 39.5 Å². The Kier molecular flexibility index (Phi) is 5.35. The Morgan fingerprint density at radius 3 is 2.32 bits per heavy atom. The number of hydrogen-bond acceptors (Lipinski definition) is 3. The highest BCUT2D eigenvalue weighted by atomic mass is 32.2. The van der Waals surface area contributed by atoms with Crippen molar-refractivity contribution in [3.8, 4) is 0 Å². The molecule has 3 aromatic rings. The number of amides is 1. The zero-order valence-electron chi connectivity index (χ0n) is 18.1. The number of carbonyl (C=O) groups is 1. The lowest BCUT2D eigenvalue weighted by Gasteiger charge is -2.24. The summed E-state index contributed by atoms with van der Waals surface area (Å²) in [6, 6.07) is 17.8. The molecule has 0 aliphatic carbocycles. The van der Waals surface area contributed by atoms with Crippen LogP contribution >= 0.6 is 0 Å². The highest BCUT2D eigenvalue weighted by molar-refractivity contribution is 7.92. The molecule has 3 aromatic carbocycles. The molecule has 1 amide bonds. The maximum Gasteiger partial charge on any atom is 0.264 e. The van der Waals surface area contributed by atoms with Gasteiger partial charge in [0.1, 0.15) is 0 Å². The van der Waals surface area contributed by atoms with E-state index in [-0.39, 0.29) is 16.8 Å². The number of fused-ring (bicyclic) bond motifs is 1. The van der Waals surface area contributed by atoms with Crippen molar-refractivity contribution < 1.29 is 13.2 Å². The van der Waals surface area contributed by atoms with Crippen LogP contribution in [0.5, 0.6) is 0 Å². The summed E-state index contributed by atoms with van der Waals surface area (Å²) in [5, 5.41) is 2.97. The van der Waals surface area contributed by atoms with Crippen LogP contribution in [0.15, 0.2) is 65.6 Å². The Morgan fingerprint density at radius 2 is 1.61 bits per heavy atom. The van der Waals surface area contributed by atoms with Gasteiger partial charge in [0.25, 0.3) is 15.9 Å². The van der Waals surface area contributed by atoms with E-state index in [1.165, 1.54) is 4.31 Å². The number of sulfonamides is 1. The van der Waals surface area contributed by atoms with Gasteiger partial charge in [-0.2, -0.15) is 0 Å². The van der Waals surface area contributed by atoms with Crippen molar-refractivity contribution >= 4 is 27.3 Å². The molecule has 1 heterocycles. The van der Waals surface area contributed by atoms with Gasteiger partial charge in [0, 0.05) is 17.3 Å². The van der Waals surface area contributed by atoms with Gasteiger partial charge in [-0.05, 0) is 87.2 Å². The standard InChI is InChI=1S/C25H26N2O3S/c1-16-6-10-22(11-7-16)31(29,30)27-19(4)14-21-15-20(9-12-24(21)27)25(28)26-23-13-17(2)5-8-18(23)3/h5-13,15,19H,14H2,1-4H3,(H,26,28)/t19-/m0/s1. The smallest absolute Gasteiger partial charge is 0.264 e. The molecule has 0 aromatic heterocycles. The van der Waals surface area contributed by atoms with Crippen LogP contribution in [0.4, 0.5) is 11.4 Å². The lowest BCUT2D eigenvalue weighted by Crippen LogP contribution is -2.35. The molecule has 160 valence electrons.